The van der Waals surface area contributed by atoms with E-state index in [0.29, 0.717) is 16.1 Å². The number of halogens is 1. The average Bonchev–Trinajstić information content (AvgIpc) is 3.20. The Hall–Kier alpha value is -1.98. The van der Waals surface area contributed by atoms with Crippen LogP contribution in [0.25, 0.3) is 11.7 Å². The fraction of sp³-hybridized carbons (Fsp3) is 0.308. The second-order valence-electron chi connectivity index (χ2n) is 5.02. The SMILES string of the molecule is Cc1noc(C)c1S(=O)(=O)N(C)Cc1nnc(-c2ccc(Br)o2)o1. The van der Waals surface area contributed by atoms with E-state index < -0.39 is 10.0 Å². The van der Waals surface area contributed by atoms with E-state index in [1.807, 2.05) is 0 Å². The molecule has 0 bridgehead atoms. The molecule has 0 atom stereocenters. The van der Waals surface area contributed by atoms with Gasteiger partial charge in [0.2, 0.25) is 15.9 Å². The zero-order valence-electron chi connectivity index (χ0n) is 13.0. The molecular formula is C13H13BrN4O5S. The van der Waals surface area contributed by atoms with Crippen LogP contribution in [0.3, 0.4) is 0 Å². The summed E-state index contributed by atoms with van der Waals surface area (Å²) in [7, 11) is -2.38. The summed E-state index contributed by atoms with van der Waals surface area (Å²) in [6.45, 7) is 3.01. The summed E-state index contributed by atoms with van der Waals surface area (Å²) in [4.78, 5) is 0.0414. The number of rotatable bonds is 5. The van der Waals surface area contributed by atoms with E-state index in [0.717, 1.165) is 4.31 Å². The van der Waals surface area contributed by atoms with Crippen molar-refractivity contribution < 1.29 is 21.8 Å². The Morgan fingerprint density at radius 2 is 1.96 bits per heavy atom. The zero-order chi connectivity index (χ0) is 17.5. The van der Waals surface area contributed by atoms with Gasteiger partial charge in [0, 0.05) is 7.05 Å². The number of sulfonamides is 1. The third-order valence-corrected chi connectivity index (χ3v) is 5.72. The maximum Gasteiger partial charge on any atom is 0.283 e. The summed E-state index contributed by atoms with van der Waals surface area (Å²) in [5, 5.41) is 11.4. The molecule has 0 fully saturated rings. The molecule has 3 aromatic rings. The fourth-order valence-electron chi connectivity index (χ4n) is 2.12. The van der Waals surface area contributed by atoms with Crippen LogP contribution in [0.15, 0.2) is 35.1 Å². The van der Waals surface area contributed by atoms with Gasteiger partial charge in [-0.1, -0.05) is 5.16 Å². The first kappa shape index (κ1) is 16.9. The lowest BCUT2D eigenvalue weighted by molar-refractivity contribution is 0.385. The van der Waals surface area contributed by atoms with E-state index >= 15 is 0 Å². The van der Waals surface area contributed by atoms with Gasteiger partial charge < -0.3 is 13.4 Å². The van der Waals surface area contributed by atoms with Gasteiger partial charge >= 0.3 is 0 Å². The topological polar surface area (TPSA) is 115 Å². The minimum absolute atomic E-state index is 0.0414. The maximum absolute atomic E-state index is 12.6. The summed E-state index contributed by atoms with van der Waals surface area (Å²) in [5.74, 6) is 0.914. The Balaban J connectivity index is 1.82. The lowest BCUT2D eigenvalue weighted by atomic mass is 10.4. The van der Waals surface area contributed by atoms with E-state index in [-0.39, 0.29) is 29.0 Å². The van der Waals surface area contributed by atoms with Gasteiger partial charge in [-0.05, 0) is 41.9 Å². The van der Waals surface area contributed by atoms with Crippen LogP contribution < -0.4 is 0 Å². The monoisotopic (exact) mass is 416 g/mol. The standard InChI is InChI=1S/C13H13BrN4O5S/c1-7-12(8(2)23-17-7)24(19,20)18(3)6-11-15-16-13(22-11)9-4-5-10(14)21-9/h4-5H,6H2,1-3H3. The Morgan fingerprint density at radius 3 is 2.54 bits per heavy atom. The minimum Gasteiger partial charge on any atom is -0.444 e. The van der Waals surface area contributed by atoms with Gasteiger partial charge in [-0.3, -0.25) is 0 Å². The van der Waals surface area contributed by atoms with Crippen molar-refractivity contribution in [3.05, 3.63) is 34.1 Å². The summed E-state index contributed by atoms with van der Waals surface area (Å²) in [5.41, 5.74) is 0.297. The molecule has 0 spiro atoms. The molecule has 0 saturated carbocycles. The normalized spacial score (nSPS) is 12.2. The number of hydrogen-bond donors (Lipinski definition) is 0. The second kappa shape index (κ2) is 6.15. The van der Waals surface area contributed by atoms with Crippen LogP contribution in [0.4, 0.5) is 0 Å². The first-order valence-electron chi connectivity index (χ1n) is 6.76. The predicted molar refractivity (Wildman–Crippen MR) is 84.3 cm³/mol. The average molecular weight is 417 g/mol. The van der Waals surface area contributed by atoms with Crippen molar-refractivity contribution >= 4 is 26.0 Å². The highest BCUT2D eigenvalue weighted by atomic mass is 79.9. The van der Waals surface area contributed by atoms with Gasteiger partial charge in [0.1, 0.15) is 10.6 Å². The maximum atomic E-state index is 12.6. The lowest BCUT2D eigenvalue weighted by Gasteiger charge is -2.14. The molecule has 0 N–H and O–H groups in total. The van der Waals surface area contributed by atoms with Crippen LogP contribution in [0.1, 0.15) is 17.3 Å². The number of aromatic nitrogens is 3. The molecule has 3 rings (SSSR count). The van der Waals surface area contributed by atoms with E-state index in [2.05, 4.69) is 31.3 Å². The first-order valence-corrected chi connectivity index (χ1v) is 8.99. The number of aryl methyl sites for hydroxylation is 2. The Morgan fingerprint density at radius 1 is 1.21 bits per heavy atom. The van der Waals surface area contributed by atoms with Crippen LogP contribution in [-0.2, 0) is 16.6 Å². The van der Waals surface area contributed by atoms with Crippen LogP contribution in [-0.4, -0.2) is 35.1 Å². The largest absolute Gasteiger partial charge is 0.444 e. The van der Waals surface area contributed by atoms with E-state index in [4.69, 9.17) is 13.4 Å². The van der Waals surface area contributed by atoms with Crippen LogP contribution in [0.2, 0.25) is 0 Å². The minimum atomic E-state index is -3.79. The fourth-order valence-corrected chi connectivity index (χ4v) is 3.83. The zero-order valence-corrected chi connectivity index (χ0v) is 15.4. The predicted octanol–water partition coefficient (Wildman–Crippen LogP) is 2.52. The van der Waals surface area contributed by atoms with Gasteiger partial charge in [0.05, 0.1) is 6.54 Å². The lowest BCUT2D eigenvalue weighted by Crippen LogP contribution is -2.27. The van der Waals surface area contributed by atoms with Crippen molar-refractivity contribution in [1.82, 2.24) is 19.7 Å². The first-order chi connectivity index (χ1) is 11.3. The van der Waals surface area contributed by atoms with Crippen LogP contribution >= 0.6 is 15.9 Å². The molecule has 9 nitrogen and oxygen atoms in total. The molecular weight excluding hydrogens is 404 g/mol. The van der Waals surface area contributed by atoms with Gasteiger partial charge in [-0.15, -0.1) is 10.2 Å². The van der Waals surface area contributed by atoms with Crippen LogP contribution in [0, 0.1) is 13.8 Å². The van der Waals surface area contributed by atoms with Gasteiger partial charge in [0.25, 0.3) is 5.89 Å². The number of hydrogen-bond acceptors (Lipinski definition) is 8. The van der Waals surface area contributed by atoms with Crippen LogP contribution in [0.5, 0.6) is 0 Å². The Kier molecular flexibility index (Phi) is 4.32. The number of nitrogens with zero attached hydrogens (tertiary/aromatic N) is 4. The van der Waals surface area contributed by atoms with Crippen molar-refractivity contribution in [2.24, 2.45) is 0 Å². The quantitative estimate of drug-likeness (QED) is 0.622. The Bertz CT molecular complexity index is 955. The van der Waals surface area contributed by atoms with E-state index in [1.165, 1.54) is 7.05 Å². The highest BCUT2D eigenvalue weighted by Crippen LogP contribution is 2.26. The highest BCUT2D eigenvalue weighted by molar-refractivity contribution is 9.10. The van der Waals surface area contributed by atoms with Crippen molar-refractivity contribution in [2.45, 2.75) is 25.3 Å². The second-order valence-corrected chi connectivity index (χ2v) is 7.78. The molecule has 11 heteroatoms. The molecule has 3 aromatic heterocycles. The van der Waals surface area contributed by atoms with Crippen molar-refractivity contribution in [2.75, 3.05) is 7.05 Å². The molecule has 0 saturated heterocycles. The third-order valence-electron chi connectivity index (χ3n) is 3.24. The van der Waals surface area contributed by atoms with E-state index in [1.54, 1.807) is 26.0 Å². The molecule has 0 aliphatic carbocycles. The summed E-state index contributed by atoms with van der Waals surface area (Å²) in [6.07, 6.45) is 0. The van der Waals surface area contributed by atoms with Crippen molar-refractivity contribution in [1.29, 1.82) is 0 Å². The van der Waals surface area contributed by atoms with Gasteiger partial charge in [0.15, 0.2) is 16.2 Å². The molecule has 0 radical (unpaired) electrons. The van der Waals surface area contributed by atoms with E-state index in [9.17, 15) is 8.42 Å². The molecule has 0 aliphatic heterocycles. The highest BCUT2D eigenvalue weighted by Gasteiger charge is 2.29. The van der Waals surface area contributed by atoms with Crippen molar-refractivity contribution in [3.63, 3.8) is 0 Å². The molecule has 24 heavy (non-hydrogen) atoms. The molecule has 0 amide bonds. The molecule has 0 aliphatic rings. The third kappa shape index (κ3) is 3.01. The molecule has 0 unspecified atom stereocenters. The molecule has 3 heterocycles. The molecule has 128 valence electrons. The summed E-state index contributed by atoms with van der Waals surface area (Å²) >= 11 is 3.18. The van der Waals surface area contributed by atoms with Gasteiger partial charge in [-0.25, -0.2) is 8.42 Å². The smallest absolute Gasteiger partial charge is 0.283 e. The summed E-state index contributed by atoms with van der Waals surface area (Å²) < 4.78 is 42.6. The number of furan rings is 1. The summed E-state index contributed by atoms with van der Waals surface area (Å²) in [6, 6.07) is 3.35. The molecule has 0 aromatic carbocycles. The van der Waals surface area contributed by atoms with Crippen molar-refractivity contribution in [3.8, 4) is 11.7 Å². The Labute approximate surface area is 145 Å². The van der Waals surface area contributed by atoms with Gasteiger partial charge in [-0.2, -0.15) is 4.31 Å².